The van der Waals surface area contributed by atoms with Crippen LogP contribution in [0.15, 0.2) is 28.8 Å². The molecular weight excluding hydrogens is 382 g/mol. The quantitative estimate of drug-likeness (QED) is 0.502. The molecule has 1 aromatic rings. The van der Waals surface area contributed by atoms with E-state index in [1.807, 2.05) is 6.07 Å². The van der Waals surface area contributed by atoms with Crippen LogP contribution in [0, 0.1) is 16.7 Å². The van der Waals surface area contributed by atoms with Gasteiger partial charge in [-0.2, -0.15) is 0 Å². The number of rotatable bonds is 1. The number of benzene rings is 1. The van der Waals surface area contributed by atoms with Crippen molar-refractivity contribution in [3.05, 3.63) is 34.9 Å². The Morgan fingerprint density at radius 2 is 1.39 bits per heavy atom. The predicted octanol–water partition coefficient (Wildman–Crippen LogP) is 7.67. The smallest absolute Gasteiger partial charge is 0.182 e. The summed E-state index contributed by atoms with van der Waals surface area (Å²) in [5.74, 6) is 0.407. The van der Waals surface area contributed by atoms with Gasteiger partial charge in [0, 0.05) is 12.0 Å². The number of nitrogens with zero attached hydrogens (tertiary/aromatic N) is 1. The fourth-order valence-electron chi connectivity index (χ4n) is 3.90. The molecule has 0 aliphatic heterocycles. The number of ketones is 1. The second-order valence-corrected chi connectivity index (χ2v) is 13.3. The summed E-state index contributed by atoms with van der Waals surface area (Å²) in [6, 6.07) is 4.03. The van der Waals surface area contributed by atoms with Crippen LogP contribution in [-0.2, 0) is 15.6 Å². The van der Waals surface area contributed by atoms with Crippen LogP contribution in [0.2, 0.25) is 0 Å². The Labute approximate surface area is 190 Å². The summed E-state index contributed by atoms with van der Waals surface area (Å²) in [4.78, 5) is 18.2. The van der Waals surface area contributed by atoms with Gasteiger partial charge < -0.3 is 5.11 Å². The molecule has 3 heteroatoms. The van der Waals surface area contributed by atoms with Crippen molar-refractivity contribution in [2.45, 2.75) is 100 Å². The van der Waals surface area contributed by atoms with Crippen LogP contribution in [0.1, 0.15) is 101 Å². The van der Waals surface area contributed by atoms with Gasteiger partial charge in [0.1, 0.15) is 17.1 Å². The van der Waals surface area contributed by atoms with E-state index in [0.717, 1.165) is 16.7 Å². The number of aromatic hydroxyl groups is 1. The lowest BCUT2D eigenvalue weighted by atomic mass is 9.68. The summed E-state index contributed by atoms with van der Waals surface area (Å²) >= 11 is 0. The van der Waals surface area contributed by atoms with Gasteiger partial charge in [-0.05, 0) is 44.8 Å². The van der Waals surface area contributed by atoms with Gasteiger partial charge in [0.25, 0.3) is 0 Å². The Morgan fingerprint density at radius 3 is 1.81 bits per heavy atom. The highest BCUT2D eigenvalue weighted by Crippen LogP contribution is 2.44. The summed E-state index contributed by atoms with van der Waals surface area (Å²) in [6.45, 7) is 25.6. The molecule has 0 heterocycles. The third-order valence-corrected chi connectivity index (χ3v) is 6.21. The van der Waals surface area contributed by atoms with Gasteiger partial charge in [0.15, 0.2) is 5.78 Å². The minimum atomic E-state index is -0.239. The summed E-state index contributed by atoms with van der Waals surface area (Å²) in [5, 5.41) is 11.2. The SMILES string of the molecule is CC(C)(C)C1=CC(C(C)(C)C)CC(=O)C1=Nc1cc(C(C)(C)C)cc(C(C)(C)C)c1O. The van der Waals surface area contributed by atoms with Gasteiger partial charge in [-0.1, -0.05) is 95.2 Å². The van der Waals surface area contributed by atoms with E-state index in [0.29, 0.717) is 17.8 Å². The summed E-state index contributed by atoms with van der Waals surface area (Å²) in [7, 11) is 0. The molecule has 1 aliphatic carbocycles. The standard InChI is InChI=1S/C28H43NO2/c1-25(2,3)17-14-20(28(10,11)12)24(31)21(15-17)29-23-19(27(7,8)9)13-18(16-22(23)30)26(4,5)6/h13-15,18,31H,16H2,1-12H3. The molecule has 0 bridgehead atoms. The highest BCUT2D eigenvalue weighted by Gasteiger charge is 2.37. The first-order valence-electron chi connectivity index (χ1n) is 11.5. The summed E-state index contributed by atoms with van der Waals surface area (Å²) in [5.41, 5.74) is 3.37. The normalized spacial score (nSPS) is 20.3. The highest BCUT2D eigenvalue weighted by atomic mass is 16.3. The first-order chi connectivity index (χ1) is 13.7. The lowest BCUT2D eigenvalue weighted by Crippen LogP contribution is -2.35. The van der Waals surface area contributed by atoms with E-state index in [2.05, 4.69) is 95.2 Å². The van der Waals surface area contributed by atoms with Crippen molar-refractivity contribution in [3.63, 3.8) is 0 Å². The van der Waals surface area contributed by atoms with Crippen LogP contribution in [0.25, 0.3) is 0 Å². The molecule has 0 radical (unpaired) electrons. The molecular formula is C28H43NO2. The van der Waals surface area contributed by atoms with Gasteiger partial charge in [-0.25, -0.2) is 4.99 Å². The first-order valence-corrected chi connectivity index (χ1v) is 11.5. The van der Waals surface area contributed by atoms with Crippen molar-refractivity contribution in [3.8, 4) is 5.75 Å². The van der Waals surface area contributed by atoms with Crippen molar-refractivity contribution in [1.29, 1.82) is 0 Å². The van der Waals surface area contributed by atoms with Crippen molar-refractivity contribution in [1.82, 2.24) is 0 Å². The van der Waals surface area contributed by atoms with Gasteiger partial charge in [0.2, 0.25) is 0 Å². The Hall–Kier alpha value is -1.90. The van der Waals surface area contributed by atoms with E-state index in [-0.39, 0.29) is 39.1 Å². The summed E-state index contributed by atoms with van der Waals surface area (Å²) < 4.78 is 0. The second-order valence-electron chi connectivity index (χ2n) is 13.3. The minimum Gasteiger partial charge on any atom is -0.505 e. The first kappa shape index (κ1) is 25.4. The predicted molar refractivity (Wildman–Crippen MR) is 133 cm³/mol. The van der Waals surface area contributed by atoms with E-state index in [1.165, 1.54) is 0 Å². The van der Waals surface area contributed by atoms with Crippen LogP contribution in [0.4, 0.5) is 5.69 Å². The second kappa shape index (κ2) is 7.90. The van der Waals surface area contributed by atoms with Crippen LogP contribution in [-0.4, -0.2) is 16.6 Å². The zero-order valence-corrected chi connectivity index (χ0v) is 21.8. The molecule has 1 atom stereocenters. The Kier molecular flexibility index (Phi) is 6.47. The molecule has 1 aliphatic rings. The fourth-order valence-corrected chi connectivity index (χ4v) is 3.90. The Balaban J connectivity index is 2.81. The molecule has 0 saturated heterocycles. The Bertz CT molecular complexity index is 920. The highest BCUT2D eigenvalue weighted by molar-refractivity contribution is 6.47. The van der Waals surface area contributed by atoms with Crippen molar-refractivity contribution in [2.24, 2.45) is 21.7 Å². The van der Waals surface area contributed by atoms with Crippen LogP contribution in [0.5, 0.6) is 5.75 Å². The van der Waals surface area contributed by atoms with Gasteiger partial charge in [-0.3, -0.25) is 4.79 Å². The maximum Gasteiger partial charge on any atom is 0.182 e. The van der Waals surface area contributed by atoms with Crippen molar-refractivity contribution < 1.29 is 9.90 Å². The number of hydrogen-bond acceptors (Lipinski definition) is 3. The van der Waals surface area contributed by atoms with Crippen LogP contribution in [0.3, 0.4) is 0 Å². The molecule has 1 unspecified atom stereocenters. The number of carbonyl (C=O) groups is 1. The van der Waals surface area contributed by atoms with E-state index in [9.17, 15) is 9.90 Å². The Morgan fingerprint density at radius 1 is 0.839 bits per heavy atom. The minimum absolute atomic E-state index is 0.00534. The molecule has 0 aromatic heterocycles. The number of phenolic OH excluding ortho intramolecular Hbond substituents is 1. The van der Waals surface area contributed by atoms with E-state index >= 15 is 0 Å². The molecule has 2 rings (SSSR count). The lowest BCUT2D eigenvalue weighted by molar-refractivity contribution is -0.114. The number of Topliss-reactive ketones (excluding diaryl/α,β-unsaturated/α-hetero) is 1. The molecule has 0 amide bonds. The van der Waals surface area contributed by atoms with Crippen LogP contribution < -0.4 is 0 Å². The molecule has 0 saturated carbocycles. The average Bonchev–Trinajstić information content (AvgIpc) is 2.53. The lowest BCUT2D eigenvalue weighted by Gasteiger charge is -2.36. The fraction of sp³-hybridized carbons (Fsp3) is 0.643. The van der Waals surface area contributed by atoms with Crippen molar-refractivity contribution in [2.75, 3.05) is 0 Å². The van der Waals surface area contributed by atoms with Crippen LogP contribution >= 0.6 is 0 Å². The van der Waals surface area contributed by atoms with Gasteiger partial charge >= 0.3 is 0 Å². The summed E-state index contributed by atoms with van der Waals surface area (Å²) in [6.07, 6.45) is 2.70. The number of carbonyl (C=O) groups excluding carboxylic acids is 1. The molecule has 0 fully saturated rings. The van der Waals surface area contributed by atoms with Gasteiger partial charge in [0.05, 0.1) is 0 Å². The largest absolute Gasteiger partial charge is 0.505 e. The zero-order valence-electron chi connectivity index (χ0n) is 21.8. The van der Waals surface area contributed by atoms with E-state index < -0.39 is 0 Å². The molecule has 1 N–H and O–H groups in total. The molecule has 0 spiro atoms. The molecule has 172 valence electrons. The number of aliphatic imine (C=N–C) groups is 1. The van der Waals surface area contributed by atoms with E-state index in [4.69, 9.17) is 4.99 Å². The topological polar surface area (TPSA) is 49.7 Å². The molecule has 3 nitrogen and oxygen atoms in total. The molecule has 1 aromatic carbocycles. The zero-order chi connectivity index (χ0) is 24.2. The molecule has 31 heavy (non-hydrogen) atoms. The number of phenols is 1. The maximum atomic E-state index is 13.3. The monoisotopic (exact) mass is 425 g/mol. The number of hydrogen-bond donors (Lipinski definition) is 1. The maximum absolute atomic E-state index is 13.3. The van der Waals surface area contributed by atoms with Crippen molar-refractivity contribution >= 4 is 17.2 Å². The third kappa shape index (κ3) is 5.67. The average molecular weight is 426 g/mol. The van der Waals surface area contributed by atoms with Gasteiger partial charge in [-0.15, -0.1) is 0 Å². The third-order valence-electron chi connectivity index (χ3n) is 6.21. The van der Waals surface area contributed by atoms with E-state index in [1.54, 1.807) is 0 Å². The number of allylic oxidation sites excluding steroid dienone is 2.